The minimum Gasteiger partial charge on any atom is -0.402 e. The summed E-state index contributed by atoms with van der Waals surface area (Å²) in [6.45, 7) is 3.80. The molecule has 0 radical (unpaired) electrons. The topological polar surface area (TPSA) is 80.9 Å². The number of carbonyl (C=O) groups is 1. The van der Waals surface area contributed by atoms with Gasteiger partial charge in [0.1, 0.15) is 4.88 Å². The Balaban J connectivity index is 1.51. The number of carbonyl (C=O) groups excluding carboxylic acids is 1. The van der Waals surface area contributed by atoms with Crippen LogP contribution in [0.4, 0.5) is 6.01 Å². The Kier molecular flexibility index (Phi) is 5.72. The fourth-order valence-corrected chi connectivity index (χ4v) is 3.89. The van der Waals surface area contributed by atoms with E-state index in [0.717, 1.165) is 20.5 Å². The number of thiazole rings is 1. The number of anilines is 1. The first kappa shape index (κ1) is 17.9. The van der Waals surface area contributed by atoms with Crippen LogP contribution in [0.15, 0.2) is 33.6 Å². The highest BCUT2D eigenvalue weighted by Crippen LogP contribution is 2.29. The van der Waals surface area contributed by atoms with Crippen molar-refractivity contribution in [1.82, 2.24) is 15.2 Å². The molecule has 130 valence electrons. The number of thioether (sulfide) groups is 1. The monoisotopic (exact) mass is 394 g/mol. The Bertz CT molecular complexity index is 877. The minimum atomic E-state index is -0.172. The van der Waals surface area contributed by atoms with E-state index in [1.54, 1.807) is 11.8 Å². The van der Waals surface area contributed by atoms with Gasteiger partial charge in [0, 0.05) is 22.1 Å². The van der Waals surface area contributed by atoms with Crippen LogP contribution in [-0.4, -0.2) is 26.8 Å². The molecule has 6 nitrogen and oxygen atoms in total. The van der Waals surface area contributed by atoms with Gasteiger partial charge >= 0.3 is 6.01 Å². The second-order valence-corrected chi connectivity index (χ2v) is 7.97. The number of nitrogens with one attached hydrogen (secondary N) is 1. The van der Waals surface area contributed by atoms with Crippen molar-refractivity contribution in [3.05, 3.63) is 40.0 Å². The number of hydrogen-bond donors (Lipinski definition) is 1. The highest BCUT2D eigenvalue weighted by molar-refractivity contribution is 7.99. The SMILES string of the molecule is Cc1nc(C)c(-c2nnc(NC(=O)CCSc3ccc(Cl)cc3)o2)s1. The van der Waals surface area contributed by atoms with E-state index in [-0.39, 0.29) is 11.9 Å². The van der Waals surface area contributed by atoms with Crippen LogP contribution >= 0.6 is 34.7 Å². The molecule has 0 saturated heterocycles. The first-order valence-electron chi connectivity index (χ1n) is 7.47. The second kappa shape index (κ2) is 7.99. The van der Waals surface area contributed by atoms with Crippen LogP contribution < -0.4 is 5.32 Å². The first-order chi connectivity index (χ1) is 12.0. The van der Waals surface area contributed by atoms with E-state index in [1.807, 2.05) is 38.1 Å². The van der Waals surface area contributed by atoms with Gasteiger partial charge in [-0.25, -0.2) is 4.98 Å². The van der Waals surface area contributed by atoms with Crippen molar-refractivity contribution in [2.45, 2.75) is 25.2 Å². The van der Waals surface area contributed by atoms with Crippen molar-refractivity contribution in [2.24, 2.45) is 0 Å². The smallest absolute Gasteiger partial charge is 0.322 e. The molecule has 0 aliphatic rings. The maximum Gasteiger partial charge on any atom is 0.322 e. The molecular formula is C16H15ClN4O2S2. The summed E-state index contributed by atoms with van der Waals surface area (Å²) in [5, 5.41) is 12.1. The molecule has 1 amide bonds. The van der Waals surface area contributed by atoms with E-state index in [1.165, 1.54) is 11.3 Å². The van der Waals surface area contributed by atoms with Gasteiger partial charge < -0.3 is 4.42 Å². The Hall–Kier alpha value is -1.90. The quantitative estimate of drug-likeness (QED) is 0.616. The van der Waals surface area contributed by atoms with Gasteiger partial charge in [-0.3, -0.25) is 10.1 Å². The Morgan fingerprint density at radius 1 is 1.28 bits per heavy atom. The van der Waals surface area contributed by atoms with Crippen LogP contribution in [-0.2, 0) is 4.79 Å². The molecule has 0 unspecified atom stereocenters. The minimum absolute atomic E-state index is 0.0990. The summed E-state index contributed by atoms with van der Waals surface area (Å²) in [6.07, 6.45) is 0.337. The van der Waals surface area contributed by atoms with Crippen molar-refractivity contribution >= 4 is 46.6 Å². The Morgan fingerprint density at radius 2 is 2.04 bits per heavy atom. The lowest BCUT2D eigenvalue weighted by Gasteiger charge is -2.02. The molecule has 3 rings (SSSR count). The van der Waals surface area contributed by atoms with Crippen molar-refractivity contribution < 1.29 is 9.21 Å². The van der Waals surface area contributed by atoms with Crippen molar-refractivity contribution in [3.63, 3.8) is 0 Å². The average Bonchev–Trinajstić information content (AvgIpc) is 3.15. The van der Waals surface area contributed by atoms with Gasteiger partial charge in [0.2, 0.25) is 5.91 Å². The second-order valence-electron chi connectivity index (χ2n) is 5.16. The molecule has 0 bridgehead atoms. The largest absolute Gasteiger partial charge is 0.402 e. The van der Waals surface area contributed by atoms with Crippen LogP contribution in [0.2, 0.25) is 5.02 Å². The van der Waals surface area contributed by atoms with Crippen molar-refractivity contribution in [3.8, 4) is 10.8 Å². The molecule has 0 atom stereocenters. The number of halogens is 1. The van der Waals surface area contributed by atoms with Crippen LogP contribution in [0.25, 0.3) is 10.8 Å². The van der Waals surface area contributed by atoms with Gasteiger partial charge in [0.05, 0.1) is 10.7 Å². The third-order valence-corrected chi connectivity index (χ3v) is 5.51. The van der Waals surface area contributed by atoms with Crippen LogP contribution in [0.3, 0.4) is 0 Å². The summed E-state index contributed by atoms with van der Waals surface area (Å²) in [7, 11) is 0. The normalized spacial score (nSPS) is 10.8. The molecule has 2 aromatic heterocycles. The van der Waals surface area contributed by atoms with Gasteiger partial charge in [-0.05, 0) is 38.1 Å². The molecule has 9 heteroatoms. The molecule has 0 aliphatic carbocycles. The molecule has 0 fully saturated rings. The lowest BCUT2D eigenvalue weighted by Crippen LogP contribution is -2.12. The molecule has 3 aromatic rings. The first-order valence-corrected chi connectivity index (χ1v) is 9.65. The van der Waals surface area contributed by atoms with E-state index in [9.17, 15) is 4.79 Å². The van der Waals surface area contributed by atoms with E-state index in [4.69, 9.17) is 16.0 Å². The molecule has 0 spiro atoms. The van der Waals surface area contributed by atoms with Crippen LogP contribution in [0.1, 0.15) is 17.1 Å². The van der Waals surface area contributed by atoms with Crippen LogP contribution in [0, 0.1) is 13.8 Å². The number of hydrogen-bond acceptors (Lipinski definition) is 7. The lowest BCUT2D eigenvalue weighted by atomic mass is 10.4. The fraction of sp³-hybridized carbons (Fsp3) is 0.250. The van der Waals surface area contributed by atoms with Crippen molar-refractivity contribution in [2.75, 3.05) is 11.1 Å². The van der Waals surface area contributed by atoms with E-state index in [0.29, 0.717) is 23.1 Å². The summed E-state index contributed by atoms with van der Waals surface area (Å²) in [4.78, 5) is 18.2. The number of aromatic nitrogens is 3. The zero-order chi connectivity index (χ0) is 17.8. The lowest BCUT2D eigenvalue weighted by molar-refractivity contribution is -0.115. The van der Waals surface area contributed by atoms with Crippen molar-refractivity contribution in [1.29, 1.82) is 0 Å². The number of nitrogens with zero attached hydrogens (tertiary/aromatic N) is 3. The number of rotatable bonds is 6. The standard InChI is InChI=1S/C16H15ClN4O2S2/c1-9-14(25-10(2)18-9)15-20-21-16(23-15)19-13(22)7-8-24-12-5-3-11(17)4-6-12/h3-6H,7-8H2,1-2H3,(H,19,21,22). The highest BCUT2D eigenvalue weighted by Gasteiger charge is 2.16. The number of aryl methyl sites for hydroxylation is 2. The van der Waals surface area contributed by atoms with E-state index < -0.39 is 0 Å². The summed E-state index contributed by atoms with van der Waals surface area (Å²) in [5.41, 5.74) is 0.836. The average molecular weight is 395 g/mol. The predicted molar refractivity (Wildman–Crippen MR) is 100 cm³/mol. The summed E-state index contributed by atoms with van der Waals surface area (Å²) in [5.74, 6) is 0.838. The zero-order valence-corrected chi connectivity index (χ0v) is 16.0. The van der Waals surface area contributed by atoms with Gasteiger partial charge in [0.15, 0.2) is 0 Å². The number of benzene rings is 1. The Labute approximate surface area is 158 Å². The molecule has 25 heavy (non-hydrogen) atoms. The van der Waals surface area contributed by atoms with E-state index in [2.05, 4.69) is 20.5 Å². The Morgan fingerprint density at radius 3 is 2.72 bits per heavy atom. The summed E-state index contributed by atoms with van der Waals surface area (Å²) in [6, 6.07) is 7.60. The predicted octanol–water partition coefficient (Wildman–Crippen LogP) is 4.58. The molecular weight excluding hydrogens is 380 g/mol. The third kappa shape index (κ3) is 4.81. The third-order valence-electron chi connectivity index (χ3n) is 3.18. The summed E-state index contributed by atoms with van der Waals surface area (Å²) >= 11 is 8.91. The molecule has 1 N–H and O–H groups in total. The van der Waals surface area contributed by atoms with Gasteiger partial charge in [-0.1, -0.05) is 16.7 Å². The zero-order valence-electron chi connectivity index (χ0n) is 13.6. The number of amides is 1. The van der Waals surface area contributed by atoms with Crippen LogP contribution in [0.5, 0.6) is 0 Å². The highest BCUT2D eigenvalue weighted by atomic mass is 35.5. The maximum absolute atomic E-state index is 12.0. The maximum atomic E-state index is 12.0. The fourth-order valence-electron chi connectivity index (χ4n) is 2.07. The molecule has 1 aromatic carbocycles. The van der Waals surface area contributed by atoms with Gasteiger partial charge in [-0.15, -0.1) is 28.2 Å². The van der Waals surface area contributed by atoms with Gasteiger partial charge in [0.25, 0.3) is 5.89 Å². The molecule has 0 aliphatic heterocycles. The molecule has 2 heterocycles. The van der Waals surface area contributed by atoms with E-state index >= 15 is 0 Å². The molecule has 0 saturated carbocycles. The van der Waals surface area contributed by atoms with Gasteiger partial charge in [-0.2, -0.15) is 0 Å². The summed E-state index contributed by atoms with van der Waals surface area (Å²) < 4.78 is 5.51.